The van der Waals surface area contributed by atoms with E-state index in [1.54, 1.807) is 7.11 Å². The van der Waals surface area contributed by atoms with Crippen molar-refractivity contribution in [3.8, 4) is 5.75 Å². The third-order valence-corrected chi connectivity index (χ3v) is 4.18. The van der Waals surface area contributed by atoms with E-state index in [0.29, 0.717) is 5.92 Å². The quantitative estimate of drug-likeness (QED) is 0.906. The van der Waals surface area contributed by atoms with Gasteiger partial charge in [0.2, 0.25) is 0 Å². The van der Waals surface area contributed by atoms with Crippen LogP contribution < -0.4 is 4.74 Å². The number of benzene rings is 1. The average molecular weight is 263 g/mol. The fourth-order valence-electron chi connectivity index (χ4n) is 3.26. The summed E-state index contributed by atoms with van der Waals surface area (Å²) >= 11 is 0. The highest BCUT2D eigenvalue weighted by Gasteiger charge is 2.33. The fourth-order valence-corrected chi connectivity index (χ4v) is 3.26. The second kappa shape index (κ2) is 6.40. The molecule has 0 saturated heterocycles. The maximum atomic E-state index is 10.3. The Morgan fingerprint density at radius 2 is 2.00 bits per heavy atom. The van der Waals surface area contributed by atoms with E-state index in [1.165, 1.54) is 12.0 Å². The molecule has 1 saturated carbocycles. The Hall–Kier alpha value is -1.06. The SMILES string of the molecule is COc1cccc(C([C@@H]2CCCC[C@H]2O)N(C)C)c1. The van der Waals surface area contributed by atoms with Crippen LogP contribution in [0.25, 0.3) is 0 Å². The van der Waals surface area contributed by atoms with E-state index in [1.807, 2.05) is 12.1 Å². The molecule has 0 amide bonds. The van der Waals surface area contributed by atoms with Crippen LogP contribution in [0.1, 0.15) is 37.3 Å². The van der Waals surface area contributed by atoms with Gasteiger partial charge < -0.3 is 14.7 Å². The Morgan fingerprint density at radius 3 is 2.63 bits per heavy atom. The van der Waals surface area contributed by atoms with Gasteiger partial charge in [0.25, 0.3) is 0 Å². The van der Waals surface area contributed by atoms with Crippen LogP contribution in [-0.4, -0.2) is 37.3 Å². The lowest BCUT2D eigenvalue weighted by Crippen LogP contribution is -2.36. The van der Waals surface area contributed by atoms with Crippen LogP contribution >= 0.6 is 0 Å². The smallest absolute Gasteiger partial charge is 0.119 e. The van der Waals surface area contributed by atoms with E-state index in [9.17, 15) is 5.11 Å². The zero-order chi connectivity index (χ0) is 13.8. The van der Waals surface area contributed by atoms with E-state index in [0.717, 1.165) is 25.0 Å². The van der Waals surface area contributed by atoms with Crippen molar-refractivity contribution in [2.45, 2.75) is 37.8 Å². The highest BCUT2D eigenvalue weighted by atomic mass is 16.5. The molecule has 19 heavy (non-hydrogen) atoms. The molecule has 0 aliphatic heterocycles. The van der Waals surface area contributed by atoms with Gasteiger partial charge in [-0.3, -0.25) is 0 Å². The zero-order valence-corrected chi connectivity index (χ0v) is 12.2. The van der Waals surface area contributed by atoms with Crippen molar-refractivity contribution in [2.75, 3.05) is 21.2 Å². The normalized spacial score (nSPS) is 25.3. The third kappa shape index (κ3) is 3.28. The first-order valence-electron chi connectivity index (χ1n) is 7.12. The number of methoxy groups -OCH3 is 1. The van der Waals surface area contributed by atoms with Gasteiger partial charge in [-0.05, 0) is 44.6 Å². The first-order chi connectivity index (χ1) is 9.13. The minimum absolute atomic E-state index is 0.188. The minimum atomic E-state index is -0.188. The van der Waals surface area contributed by atoms with Gasteiger partial charge in [0, 0.05) is 12.0 Å². The van der Waals surface area contributed by atoms with Crippen LogP contribution in [0.4, 0.5) is 0 Å². The second-order valence-electron chi connectivity index (χ2n) is 5.70. The van der Waals surface area contributed by atoms with Gasteiger partial charge in [-0.2, -0.15) is 0 Å². The first-order valence-corrected chi connectivity index (χ1v) is 7.12. The van der Waals surface area contributed by atoms with Gasteiger partial charge in [-0.1, -0.05) is 25.0 Å². The monoisotopic (exact) mass is 263 g/mol. The molecular weight excluding hydrogens is 238 g/mol. The molecule has 1 aromatic carbocycles. The van der Waals surface area contributed by atoms with Crippen molar-refractivity contribution in [1.82, 2.24) is 4.90 Å². The fraction of sp³-hybridized carbons (Fsp3) is 0.625. The van der Waals surface area contributed by atoms with Gasteiger partial charge >= 0.3 is 0 Å². The molecular formula is C16H25NO2. The predicted octanol–water partition coefficient (Wildman–Crippen LogP) is 2.85. The molecule has 1 fully saturated rings. The van der Waals surface area contributed by atoms with E-state index >= 15 is 0 Å². The molecule has 0 heterocycles. The van der Waals surface area contributed by atoms with E-state index in [-0.39, 0.29) is 12.1 Å². The highest BCUT2D eigenvalue weighted by Crippen LogP contribution is 2.38. The van der Waals surface area contributed by atoms with Crippen LogP contribution in [-0.2, 0) is 0 Å². The Kier molecular flexibility index (Phi) is 4.83. The highest BCUT2D eigenvalue weighted by molar-refractivity contribution is 5.31. The Bertz CT molecular complexity index is 405. The Labute approximate surface area is 116 Å². The molecule has 3 atom stereocenters. The van der Waals surface area contributed by atoms with Gasteiger partial charge in [0.05, 0.1) is 13.2 Å². The van der Waals surface area contributed by atoms with Crippen molar-refractivity contribution >= 4 is 0 Å². The predicted molar refractivity (Wildman–Crippen MR) is 77.4 cm³/mol. The summed E-state index contributed by atoms with van der Waals surface area (Å²) in [7, 11) is 5.87. The van der Waals surface area contributed by atoms with E-state index in [4.69, 9.17) is 4.74 Å². The van der Waals surface area contributed by atoms with Gasteiger partial charge in [-0.25, -0.2) is 0 Å². The number of hydrogen-bond acceptors (Lipinski definition) is 3. The lowest BCUT2D eigenvalue weighted by Gasteiger charge is -2.38. The number of rotatable bonds is 4. The molecule has 0 aromatic heterocycles. The minimum Gasteiger partial charge on any atom is -0.497 e. The summed E-state index contributed by atoms with van der Waals surface area (Å²) in [5.74, 6) is 1.20. The van der Waals surface area contributed by atoms with Crippen LogP contribution in [0.5, 0.6) is 5.75 Å². The van der Waals surface area contributed by atoms with Gasteiger partial charge in [0.1, 0.15) is 5.75 Å². The topological polar surface area (TPSA) is 32.7 Å². The molecule has 0 bridgehead atoms. The van der Waals surface area contributed by atoms with Crippen molar-refractivity contribution in [2.24, 2.45) is 5.92 Å². The number of ether oxygens (including phenoxy) is 1. The number of hydrogen-bond donors (Lipinski definition) is 1. The summed E-state index contributed by atoms with van der Waals surface area (Å²) in [4.78, 5) is 2.22. The van der Waals surface area contributed by atoms with Crippen LogP contribution in [0.2, 0.25) is 0 Å². The number of aliphatic hydroxyl groups excluding tert-OH is 1. The second-order valence-corrected chi connectivity index (χ2v) is 5.70. The molecule has 0 radical (unpaired) electrons. The van der Waals surface area contributed by atoms with E-state index < -0.39 is 0 Å². The first kappa shape index (κ1) is 14.4. The lowest BCUT2D eigenvalue weighted by atomic mass is 9.78. The molecule has 2 rings (SSSR count). The summed E-state index contributed by atoms with van der Waals surface area (Å²) in [5.41, 5.74) is 1.23. The molecule has 0 spiro atoms. The van der Waals surface area contributed by atoms with Crippen LogP contribution in [0, 0.1) is 5.92 Å². The molecule has 1 unspecified atom stereocenters. The largest absolute Gasteiger partial charge is 0.497 e. The molecule has 3 nitrogen and oxygen atoms in total. The zero-order valence-electron chi connectivity index (χ0n) is 12.2. The average Bonchev–Trinajstić information content (AvgIpc) is 2.41. The number of nitrogens with zero attached hydrogens (tertiary/aromatic N) is 1. The summed E-state index contributed by atoms with van der Waals surface area (Å²) in [6.45, 7) is 0. The van der Waals surface area contributed by atoms with E-state index in [2.05, 4.69) is 31.1 Å². The van der Waals surface area contributed by atoms with Crippen molar-refractivity contribution in [3.05, 3.63) is 29.8 Å². The standard InChI is InChI=1S/C16H25NO2/c1-17(2)16(14-9-4-5-10-15(14)18)12-7-6-8-13(11-12)19-3/h6-8,11,14-16,18H,4-5,9-10H2,1-3H3/t14-,15-,16?/m1/s1. The van der Waals surface area contributed by atoms with Gasteiger partial charge in [0.15, 0.2) is 0 Å². The maximum Gasteiger partial charge on any atom is 0.119 e. The summed E-state index contributed by atoms with van der Waals surface area (Å²) < 4.78 is 5.32. The van der Waals surface area contributed by atoms with Crippen LogP contribution in [0.3, 0.4) is 0 Å². The van der Waals surface area contributed by atoms with Crippen molar-refractivity contribution < 1.29 is 9.84 Å². The summed E-state index contributed by atoms with van der Waals surface area (Å²) in [6.07, 6.45) is 4.21. The molecule has 1 aliphatic rings. The maximum absolute atomic E-state index is 10.3. The molecule has 106 valence electrons. The molecule has 1 aliphatic carbocycles. The third-order valence-electron chi connectivity index (χ3n) is 4.18. The Morgan fingerprint density at radius 1 is 1.26 bits per heavy atom. The molecule has 3 heteroatoms. The van der Waals surface area contributed by atoms with Crippen LogP contribution in [0.15, 0.2) is 24.3 Å². The van der Waals surface area contributed by atoms with Gasteiger partial charge in [-0.15, -0.1) is 0 Å². The summed E-state index contributed by atoms with van der Waals surface area (Å²) in [5, 5.41) is 10.3. The molecule has 1 aromatic rings. The molecule has 1 N–H and O–H groups in total. The lowest BCUT2D eigenvalue weighted by molar-refractivity contribution is 0.0220. The van der Waals surface area contributed by atoms with Crippen molar-refractivity contribution in [3.63, 3.8) is 0 Å². The summed E-state index contributed by atoms with van der Waals surface area (Å²) in [6, 6.07) is 8.47. The van der Waals surface area contributed by atoms with Crippen molar-refractivity contribution in [1.29, 1.82) is 0 Å². The number of aliphatic hydroxyl groups is 1. The Balaban J connectivity index is 2.28.